The Hall–Kier alpha value is -0.790. The van der Waals surface area contributed by atoms with Crippen LogP contribution in [-0.2, 0) is 4.79 Å². The van der Waals surface area contributed by atoms with Gasteiger partial charge in [0.2, 0.25) is 5.91 Å². The highest BCUT2D eigenvalue weighted by molar-refractivity contribution is 5.80. The van der Waals surface area contributed by atoms with E-state index < -0.39 is 0 Å². The zero-order chi connectivity index (χ0) is 10.0. The van der Waals surface area contributed by atoms with Crippen molar-refractivity contribution in [3.63, 3.8) is 0 Å². The van der Waals surface area contributed by atoms with Crippen LogP contribution in [0.1, 0.15) is 33.6 Å². The van der Waals surface area contributed by atoms with Gasteiger partial charge in [-0.25, -0.2) is 0 Å². The Morgan fingerprint density at radius 1 is 1.62 bits per heavy atom. The largest absolute Gasteiger partial charge is 0.369 e. The van der Waals surface area contributed by atoms with Gasteiger partial charge in [-0.05, 0) is 24.7 Å². The molecule has 2 unspecified atom stereocenters. The molecule has 2 heteroatoms. The summed E-state index contributed by atoms with van der Waals surface area (Å²) in [6.45, 7) is 6.42. The maximum absolute atomic E-state index is 11.2. The maximum atomic E-state index is 11.2. The Balaban J connectivity index is 2.83. The van der Waals surface area contributed by atoms with Gasteiger partial charge < -0.3 is 5.73 Å². The molecule has 0 fully saturated rings. The number of carbonyl (C=O) groups is 1. The Morgan fingerprint density at radius 3 is 2.69 bits per heavy atom. The second kappa shape index (κ2) is 3.95. The van der Waals surface area contributed by atoms with Crippen LogP contribution in [0.5, 0.6) is 0 Å². The molecular weight excluding hydrogens is 162 g/mol. The van der Waals surface area contributed by atoms with Crippen LogP contribution in [0.4, 0.5) is 0 Å². The van der Waals surface area contributed by atoms with E-state index in [4.69, 9.17) is 5.73 Å². The van der Waals surface area contributed by atoms with Gasteiger partial charge in [-0.1, -0.05) is 32.4 Å². The van der Waals surface area contributed by atoms with Crippen LogP contribution >= 0.6 is 0 Å². The molecule has 2 nitrogen and oxygen atoms in total. The summed E-state index contributed by atoms with van der Waals surface area (Å²) in [5.74, 6) is 0.875. The molecule has 1 aliphatic carbocycles. The van der Waals surface area contributed by atoms with Crippen molar-refractivity contribution in [3.8, 4) is 0 Å². The fourth-order valence-corrected chi connectivity index (χ4v) is 2.03. The van der Waals surface area contributed by atoms with Gasteiger partial charge >= 0.3 is 0 Å². The van der Waals surface area contributed by atoms with Crippen molar-refractivity contribution in [2.45, 2.75) is 33.6 Å². The van der Waals surface area contributed by atoms with Gasteiger partial charge in [0.05, 0.1) is 5.92 Å². The highest BCUT2D eigenvalue weighted by Gasteiger charge is 2.27. The summed E-state index contributed by atoms with van der Waals surface area (Å²) in [6.07, 6.45) is 4.23. The first kappa shape index (κ1) is 10.3. The van der Waals surface area contributed by atoms with Gasteiger partial charge in [-0.3, -0.25) is 4.79 Å². The monoisotopic (exact) mass is 181 g/mol. The van der Waals surface area contributed by atoms with E-state index >= 15 is 0 Å². The minimum Gasteiger partial charge on any atom is -0.369 e. The van der Waals surface area contributed by atoms with Crippen molar-refractivity contribution < 1.29 is 4.79 Å². The lowest BCUT2D eigenvalue weighted by Crippen LogP contribution is -2.30. The molecule has 2 atom stereocenters. The first-order valence-electron chi connectivity index (χ1n) is 5.01. The van der Waals surface area contributed by atoms with Gasteiger partial charge in [-0.15, -0.1) is 0 Å². The van der Waals surface area contributed by atoms with E-state index in [0.29, 0.717) is 11.8 Å². The average molecular weight is 181 g/mol. The van der Waals surface area contributed by atoms with Crippen LogP contribution in [0.3, 0.4) is 0 Å². The molecule has 0 saturated carbocycles. The molecule has 1 amide bonds. The molecule has 0 aliphatic heterocycles. The van der Waals surface area contributed by atoms with Crippen LogP contribution in [0.2, 0.25) is 0 Å². The fraction of sp³-hybridized carbons (Fsp3) is 0.727. The molecule has 1 rings (SSSR count). The van der Waals surface area contributed by atoms with Gasteiger partial charge in [0.25, 0.3) is 0 Å². The van der Waals surface area contributed by atoms with Crippen LogP contribution in [0.25, 0.3) is 0 Å². The zero-order valence-electron chi connectivity index (χ0n) is 8.71. The van der Waals surface area contributed by atoms with Crippen molar-refractivity contribution in [2.75, 3.05) is 0 Å². The molecule has 0 heterocycles. The summed E-state index contributed by atoms with van der Waals surface area (Å²) < 4.78 is 0. The number of hydrogen-bond donors (Lipinski definition) is 1. The molecule has 74 valence electrons. The van der Waals surface area contributed by atoms with Crippen LogP contribution in [0, 0.1) is 17.8 Å². The van der Waals surface area contributed by atoms with E-state index in [0.717, 1.165) is 12.8 Å². The third kappa shape index (κ3) is 2.33. The lowest BCUT2D eigenvalue weighted by Gasteiger charge is -2.28. The van der Waals surface area contributed by atoms with Crippen LogP contribution in [-0.4, -0.2) is 5.91 Å². The van der Waals surface area contributed by atoms with E-state index in [-0.39, 0.29) is 11.8 Å². The standard InChI is InChI=1S/C11H19NO/c1-7(2)9-5-4-8(3)6-10(9)11(12)13/h5,7-8,10H,4,6H2,1-3H3,(H2,12,13). The van der Waals surface area contributed by atoms with Crippen molar-refractivity contribution >= 4 is 5.91 Å². The Labute approximate surface area is 80.2 Å². The van der Waals surface area contributed by atoms with Crippen molar-refractivity contribution in [1.82, 2.24) is 0 Å². The number of primary amides is 1. The van der Waals surface area contributed by atoms with Crippen molar-refractivity contribution in [3.05, 3.63) is 11.6 Å². The maximum Gasteiger partial charge on any atom is 0.224 e. The van der Waals surface area contributed by atoms with E-state index in [1.165, 1.54) is 5.57 Å². The van der Waals surface area contributed by atoms with E-state index in [2.05, 4.69) is 26.8 Å². The molecule has 0 saturated heterocycles. The predicted molar refractivity (Wildman–Crippen MR) is 54.0 cm³/mol. The van der Waals surface area contributed by atoms with Crippen LogP contribution < -0.4 is 5.73 Å². The first-order valence-corrected chi connectivity index (χ1v) is 5.01. The van der Waals surface area contributed by atoms with Crippen molar-refractivity contribution in [2.24, 2.45) is 23.5 Å². The second-order valence-corrected chi connectivity index (χ2v) is 4.39. The smallest absolute Gasteiger partial charge is 0.224 e. The summed E-state index contributed by atoms with van der Waals surface area (Å²) in [4.78, 5) is 11.2. The summed E-state index contributed by atoms with van der Waals surface area (Å²) >= 11 is 0. The van der Waals surface area contributed by atoms with Gasteiger partial charge in [-0.2, -0.15) is 0 Å². The molecule has 13 heavy (non-hydrogen) atoms. The number of hydrogen-bond acceptors (Lipinski definition) is 1. The minimum absolute atomic E-state index is 0.0104. The average Bonchev–Trinajstić information content (AvgIpc) is 2.03. The van der Waals surface area contributed by atoms with Crippen molar-refractivity contribution in [1.29, 1.82) is 0 Å². The number of rotatable bonds is 2. The van der Waals surface area contributed by atoms with Gasteiger partial charge in [0.1, 0.15) is 0 Å². The topological polar surface area (TPSA) is 43.1 Å². The summed E-state index contributed by atoms with van der Waals surface area (Å²) in [5, 5.41) is 0. The lowest BCUT2D eigenvalue weighted by atomic mass is 9.77. The summed E-state index contributed by atoms with van der Waals surface area (Å²) in [6, 6.07) is 0. The van der Waals surface area contributed by atoms with E-state index in [1.54, 1.807) is 0 Å². The number of amides is 1. The van der Waals surface area contributed by atoms with Gasteiger partial charge in [0, 0.05) is 0 Å². The minimum atomic E-state index is -0.161. The Kier molecular flexibility index (Phi) is 3.12. The van der Waals surface area contributed by atoms with E-state index in [9.17, 15) is 4.79 Å². The third-order valence-corrected chi connectivity index (χ3v) is 2.81. The summed E-state index contributed by atoms with van der Waals surface area (Å²) in [5.41, 5.74) is 6.62. The first-order chi connectivity index (χ1) is 6.02. The van der Waals surface area contributed by atoms with Crippen LogP contribution in [0.15, 0.2) is 11.6 Å². The molecule has 0 spiro atoms. The number of allylic oxidation sites excluding steroid dienone is 1. The highest BCUT2D eigenvalue weighted by Crippen LogP contribution is 2.32. The third-order valence-electron chi connectivity index (χ3n) is 2.81. The second-order valence-electron chi connectivity index (χ2n) is 4.39. The molecule has 0 aromatic heterocycles. The Morgan fingerprint density at radius 2 is 2.23 bits per heavy atom. The van der Waals surface area contributed by atoms with E-state index in [1.807, 2.05) is 0 Å². The molecule has 0 aromatic rings. The highest BCUT2D eigenvalue weighted by atomic mass is 16.1. The molecule has 1 aliphatic rings. The fourth-order valence-electron chi connectivity index (χ4n) is 2.03. The molecule has 2 N–H and O–H groups in total. The van der Waals surface area contributed by atoms with Gasteiger partial charge in [0.15, 0.2) is 0 Å². The normalized spacial score (nSPS) is 28.8. The number of carbonyl (C=O) groups excluding carboxylic acids is 1. The summed E-state index contributed by atoms with van der Waals surface area (Å²) in [7, 11) is 0. The Bertz CT molecular complexity index is 230. The number of nitrogens with two attached hydrogens (primary N) is 1. The molecule has 0 bridgehead atoms. The SMILES string of the molecule is CC1CC=C(C(C)C)C(C(N)=O)C1. The quantitative estimate of drug-likeness (QED) is 0.651. The lowest BCUT2D eigenvalue weighted by molar-refractivity contribution is -0.121. The predicted octanol–water partition coefficient (Wildman–Crippen LogP) is 2.10. The molecule has 0 radical (unpaired) electrons. The zero-order valence-corrected chi connectivity index (χ0v) is 8.71. The molecular formula is C11H19NO. The molecule has 0 aromatic carbocycles.